The molecule has 242 valence electrons. The quantitative estimate of drug-likeness (QED) is 0.188. The van der Waals surface area contributed by atoms with Crippen molar-refractivity contribution in [2.75, 3.05) is 0 Å². The second kappa shape index (κ2) is 11.0. The smallest absolute Gasteiger partial charge is 0.238 e. The summed E-state index contributed by atoms with van der Waals surface area (Å²) in [4.78, 5) is 15.6. The zero-order valence-electron chi connectivity index (χ0n) is 27.6. The van der Waals surface area contributed by atoms with Crippen molar-refractivity contribution in [1.29, 1.82) is 0 Å². The van der Waals surface area contributed by atoms with E-state index in [4.69, 9.17) is 23.8 Å². The number of rotatable bonds is 4. The first-order valence-electron chi connectivity index (χ1n) is 17.5. The van der Waals surface area contributed by atoms with E-state index in [1.165, 1.54) is 5.56 Å². The van der Waals surface area contributed by atoms with Crippen molar-refractivity contribution in [2.24, 2.45) is 0 Å². The van der Waals surface area contributed by atoms with E-state index in [9.17, 15) is 0 Å². The molecule has 5 aromatic carbocycles. The number of hydrogen-bond acceptors (Lipinski definition) is 5. The fourth-order valence-electron chi connectivity index (χ4n) is 8.01. The molecule has 2 aliphatic carbocycles. The maximum absolute atomic E-state index is 6.75. The molecule has 0 bridgehead atoms. The van der Waals surface area contributed by atoms with Crippen molar-refractivity contribution in [3.8, 4) is 28.5 Å². The lowest BCUT2D eigenvalue weighted by Gasteiger charge is -2.16. The van der Waals surface area contributed by atoms with Crippen LogP contribution < -0.4 is 0 Å². The molecular weight excluding hydrogens is 629 g/mol. The Hall–Kier alpha value is -6.53. The molecule has 1 atom stereocenters. The number of allylic oxidation sites excluding steroid dienone is 5. The van der Waals surface area contributed by atoms with E-state index in [0.29, 0.717) is 11.8 Å². The van der Waals surface area contributed by atoms with Crippen LogP contribution in [-0.2, 0) is 6.42 Å². The van der Waals surface area contributed by atoms with Gasteiger partial charge in [0.25, 0.3) is 0 Å². The van der Waals surface area contributed by atoms with Gasteiger partial charge in [0.15, 0.2) is 5.82 Å². The highest BCUT2D eigenvalue weighted by Crippen LogP contribution is 2.46. The predicted molar refractivity (Wildman–Crippen MR) is 205 cm³/mol. The van der Waals surface area contributed by atoms with E-state index in [1.807, 2.05) is 30.3 Å². The number of furan rings is 2. The molecule has 0 spiro atoms. The van der Waals surface area contributed by atoms with Gasteiger partial charge in [-0.25, -0.2) is 4.98 Å². The van der Waals surface area contributed by atoms with Crippen LogP contribution in [0.4, 0.5) is 0 Å². The van der Waals surface area contributed by atoms with Gasteiger partial charge in [0.05, 0.1) is 16.4 Å². The van der Waals surface area contributed by atoms with Gasteiger partial charge in [0, 0.05) is 50.6 Å². The molecule has 4 heterocycles. The SMILES string of the molecule is C1=CC[C@@H](c2nc(-c3ccccc3)nc(-n3c4ccccc4c4c5oc6ccccc6c5cc(-c5ccc6oc7c(c6c5)C=CCC7)c43)n2)C=C1. The summed E-state index contributed by atoms with van der Waals surface area (Å²) in [5.41, 5.74) is 8.89. The summed E-state index contributed by atoms with van der Waals surface area (Å²) in [6.07, 6.45) is 15.7. The van der Waals surface area contributed by atoms with Crippen molar-refractivity contribution < 1.29 is 8.83 Å². The average Bonchev–Trinajstić information content (AvgIpc) is 3.87. The van der Waals surface area contributed by atoms with E-state index in [2.05, 4.69) is 114 Å². The number of para-hydroxylation sites is 2. The van der Waals surface area contributed by atoms with Crippen LogP contribution in [0.3, 0.4) is 0 Å². The van der Waals surface area contributed by atoms with Gasteiger partial charge < -0.3 is 8.83 Å². The molecule has 0 fully saturated rings. The maximum Gasteiger partial charge on any atom is 0.238 e. The lowest BCUT2D eigenvalue weighted by Crippen LogP contribution is -2.11. The number of benzene rings is 5. The van der Waals surface area contributed by atoms with E-state index in [0.717, 1.165) is 102 Å². The molecule has 11 rings (SSSR count). The molecule has 4 aromatic heterocycles. The minimum Gasteiger partial charge on any atom is -0.460 e. The highest BCUT2D eigenvalue weighted by atomic mass is 16.3. The topological polar surface area (TPSA) is 69.9 Å². The molecule has 0 saturated carbocycles. The first kappa shape index (κ1) is 28.3. The lowest BCUT2D eigenvalue weighted by atomic mass is 9.96. The number of hydrogen-bond donors (Lipinski definition) is 0. The van der Waals surface area contributed by atoms with Crippen LogP contribution in [0.15, 0.2) is 142 Å². The van der Waals surface area contributed by atoms with Gasteiger partial charge in [-0.3, -0.25) is 4.57 Å². The third-order valence-electron chi connectivity index (χ3n) is 10.4. The summed E-state index contributed by atoms with van der Waals surface area (Å²) >= 11 is 0. The molecule has 51 heavy (non-hydrogen) atoms. The molecule has 0 aliphatic heterocycles. The Morgan fingerprint density at radius 2 is 1.51 bits per heavy atom. The number of nitrogens with zero attached hydrogens (tertiary/aromatic N) is 4. The van der Waals surface area contributed by atoms with Gasteiger partial charge in [0.1, 0.15) is 28.3 Å². The maximum atomic E-state index is 6.75. The molecule has 0 amide bonds. The zero-order valence-corrected chi connectivity index (χ0v) is 27.6. The van der Waals surface area contributed by atoms with Crippen molar-refractivity contribution in [3.63, 3.8) is 0 Å². The number of aromatic nitrogens is 4. The summed E-state index contributed by atoms with van der Waals surface area (Å²) in [5.74, 6) is 3.06. The fourth-order valence-corrected chi connectivity index (χ4v) is 8.01. The Morgan fingerprint density at radius 3 is 2.41 bits per heavy atom. The lowest BCUT2D eigenvalue weighted by molar-refractivity contribution is 0.546. The van der Waals surface area contributed by atoms with Gasteiger partial charge >= 0.3 is 0 Å². The van der Waals surface area contributed by atoms with Gasteiger partial charge in [-0.15, -0.1) is 0 Å². The van der Waals surface area contributed by atoms with E-state index in [-0.39, 0.29) is 5.92 Å². The summed E-state index contributed by atoms with van der Waals surface area (Å²) in [7, 11) is 0. The summed E-state index contributed by atoms with van der Waals surface area (Å²) in [5, 5.41) is 5.39. The molecule has 6 heteroatoms. The Kier molecular flexibility index (Phi) is 6.10. The first-order chi connectivity index (χ1) is 25.3. The van der Waals surface area contributed by atoms with E-state index in [1.54, 1.807) is 0 Å². The largest absolute Gasteiger partial charge is 0.460 e. The van der Waals surface area contributed by atoms with Crippen LogP contribution in [0, 0.1) is 0 Å². The second-order valence-electron chi connectivity index (χ2n) is 13.4. The van der Waals surface area contributed by atoms with Crippen LogP contribution in [0.25, 0.3) is 89.3 Å². The predicted octanol–water partition coefficient (Wildman–Crippen LogP) is 11.5. The second-order valence-corrected chi connectivity index (χ2v) is 13.4. The third kappa shape index (κ3) is 4.33. The fraction of sp³-hybridized carbons (Fsp3) is 0.0889. The highest BCUT2D eigenvalue weighted by molar-refractivity contribution is 6.27. The molecule has 2 aliphatic rings. The minimum absolute atomic E-state index is 0.0385. The Labute approximate surface area is 292 Å². The van der Waals surface area contributed by atoms with Gasteiger partial charge in [-0.05, 0) is 48.7 Å². The van der Waals surface area contributed by atoms with Crippen LogP contribution in [0.5, 0.6) is 0 Å². The van der Waals surface area contributed by atoms with Gasteiger partial charge in [-0.1, -0.05) is 109 Å². The third-order valence-corrected chi connectivity index (χ3v) is 10.4. The molecular formula is C45H30N4O2. The summed E-state index contributed by atoms with van der Waals surface area (Å²) in [6, 6.07) is 35.9. The van der Waals surface area contributed by atoms with Crippen molar-refractivity contribution >= 4 is 60.8 Å². The molecule has 6 nitrogen and oxygen atoms in total. The Balaban J connectivity index is 1.29. The highest BCUT2D eigenvalue weighted by Gasteiger charge is 2.26. The van der Waals surface area contributed by atoms with Crippen molar-refractivity contribution in [1.82, 2.24) is 19.5 Å². The minimum atomic E-state index is 0.0385. The number of fused-ring (bicyclic) bond motifs is 10. The van der Waals surface area contributed by atoms with Crippen LogP contribution in [0.2, 0.25) is 0 Å². The van der Waals surface area contributed by atoms with E-state index >= 15 is 0 Å². The Morgan fingerprint density at radius 1 is 0.667 bits per heavy atom. The van der Waals surface area contributed by atoms with Crippen LogP contribution >= 0.6 is 0 Å². The van der Waals surface area contributed by atoms with Crippen molar-refractivity contribution in [3.05, 3.63) is 151 Å². The molecule has 0 radical (unpaired) electrons. The van der Waals surface area contributed by atoms with Gasteiger partial charge in [0.2, 0.25) is 5.95 Å². The zero-order chi connectivity index (χ0) is 33.5. The summed E-state index contributed by atoms with van der Waals surface area (Å²) < 4.78 is 15.3. The average molecular weight is 659 g/mol. The van der Waals surface area contributed by atoms with Gasteiger partial charge in [-0.2, -0.15) is 9.97 Å². The molecule has 9 aromatic rings. The monoisotopic (exact) mass is 658 g/mol. The summed E-state index contributed by atoms with van der Waals surface area (Å²) in [6.45, 7) is 0. The number of aryl methyl sites for hydroxylation is 1. The molecule has 0 saturated heterocycles. The normalized spacial score (nSPS) is 15.6. The van der Waals surface area contributed by atoms with Crippen LogP contribution in [0.1, 0.15) is 35.9 Å². The standard InChI is InChI=1S/C45H30N4O2/c1-3-13-27(14-4-1)43-46-44(28-15-5-2-6-16-28)48-45(47-43)49-36-20-10-7-19-32(36)40-41(49)33(26-35-31-18-9-12-22-38(31)51-42(35)40)29-23-24-39-34(25-29)30-17-8-11-21-37(30)50-39/h1-10,12-15,17-20,22-26,28H,11,16,21H2/t28-/m0/s1. The molecule has 0 unspecified atom stereocenters. The molecule has 0 N–H and O–H groups in total. The first-order valence-corrected chi connectivity index (χ1v) is 17.5. The van der Waals surface area contributed by atoms with E-state index < -0.39 is 0 Å². The Bertz CT molecular complexity index is 2960. The van der Waals surface area contributed by atoms with Crippen molar-refractivity contribution in [2.45, 2.75) is 25.2 Å². The van der Waals surface area contributed by atoms with Crippen LogP contribution in [-0.4, -0.2) is 19.5 Å².